The number of nitrogens with one attached hydrogen (secondary N) is 1. The maximum atomic E-state index is 4.70. The van der Waals surface area contributed by atoms with E-state index in [1.807, 2.05) is 43.4 Å². The molecule has 2 unspecified atom stereocenters. The van der Waals surface area contributed by atoms with Crippen LogP contribution in [0.25, 0.3) is 11.3 Å². The Morgan fingerprint density at radius 3 is 2.59 bits per heavy atom. The fourth-order valence-electron chi connectivity index (χ4n) is 5.00. The number of likely N-dealkylation sites (N-methyl/N-ethyl adjacent to an activating group) is 1. The Labute approximate surface area is 190 Å². The van der Waals surface area contributed by atoms with Gasteiger partial charge in [-0.2, -0.15) is 0 Å². The average molecular weight is 430 g/mol. The van der Waals surface area contributed by atoms with Crippen LogP contribution in [0.3, 0.4) is 0 Å². The van der Waals surface area contributed by atoms with Crippen LogP contribution in [0.4, 0.5) is 23.1 Å². The first-order chi connectivity index (χ1) is 15.5. The average Bonchev–Trinajstić information content (AvgIpc) is 3.40. The standard InChI is InChI=1S/C25H31N7/c1-5-31-15-21-13-20(31)16-32(21)23-8-7-19(12-17(23)2)28-25-26-11-10-22(29-25)18-6-9-24(27-14-18)30(3)4/h6-12,14,20-21H,5,13,15-16H2,1-4H3,(H,26,28,29). The van der Waals surface area contributed by atoms with Gasteiger partial charge in [0.1, 0.15) is 5.82 Å². The highest BCUT2D eigenvalue weighted by Crippen LogP contribution is 2.36. The van der Waals surface area contributed by atoms with E-state index >= 15 is 0 Å². The van der Waals surface area contributed by atoms with Crippen LogP contribution < -0.4 is 15.1 Å². The first-order valence-electron chi connectivity index (χ1n) is 11.4. The van der Waals surface area contributed by atoms with Crippen LogP contribution >= 0.6 is 0 Å². The van der Waals surface area contributed by atoms with Crippen molar-refractivity contribution in [3.05, 3.63) is 54.4 Å². The van der Waals surface area contributed by atoms with Crippen LogP contribution in [-0.2, 0) is 0 Å². The lowest BCUT2D eigenvalue weighted by Gasteiger charge is -2.36. The highest BCUT2D eigenvalue weighted by atomic mass is 15.3. The van der Waals surface area contributed by atoms with Crippen molar-refractivity contribution in [2.75, 3.05) is 48.8 Å². The number of hydrogen-bond acceptors (Lipinski definition) is 7. The monoisotopic (exact) mass is 429 g/mol. The van der Waals surface area contributed by atoms with E-state index in [-0.39, 0.29) is 0 Å². The Kier molecular flexibility index (Phi) is 5.43. The quantitative estimate of drug-likeness (QED) is 0.637. The molecular weight excluding hydrogens is 398 g/mol. The summed E-state index contributed by atoms with van der Waals surface area (Å²) in [5, 5.41) is 3.37. The van der Waals surface area contributed by atoms with Crippen molar-refractivity contribution < 1.29 is 0 Å². The number of likely N-dealkylation sites (tertiary alicyclic amines) is 1. The minimum absolute atomic E-state index is 0.588. The van der Waals surface area contributed by atoms with Crippen molar-refractivity contribution in [2.45, 2.75) is 32.4 Å². The second-order valence-electron chi connectivity index (χ2n) is 8.97. The molecule has 5 rings (SSSR count). The number of hydrogen-bond donors (Lipinski definition) is 1. The summed E-state index contributed by atoms with van der Waals surface area (Å²) < 4.78 is 0. The van der Waals surface area contributed by atoms with Gasteiger partial charge in [0.25, 0.3) is 0 Å². The summed E-state index contributed by atoms with van der Waals surface area (Å²) in [6.45, 7) is 7.94. The highest BCUT2D eigenvalue weighted by molar-refractivity contribution is 5.66. The van der Waals surface area contributed by atoms with Crippen molar-refractivity contribution in [2.24, 2.45) is 0 Å². The fourth-order valence-corrected chi connectivity index (χ4v) is 5.00. The SMILES string of the molecule is CCN1CC2CC1CN2c1ccc(Nc2nccc(-c3ccc(N(C)C)nc3)n2)cc1C. The lowest BCUT2D eigenvalue weighted by molar-refractivity contribution is 0.251. The second kappa shape index (κ2) is 8.39. The molecule has 7 heteroatoms. The van der Waals surface area contributed by atoms with Crippen LogP contribution in [-0.4, -0.2) is 65.7 Å². The topological polar surface area (TPSA) is 60.4 Å². The molecule has 2 bridgehead atoms. The zero-order chi connectivity index (χ0) is 22.2. The van der Waals surface area contributed by atoms with E-state index in [9.17, 15) is 0 Å². The molecule has 2 aromatic heterocycles. The van der Waals surface area contributed by atoms with E-state index in [0.717, 1.165) is 35.9 Å². The largest absolute Gasteiger partial charge is 0.365 e. The molecule has 0 aliphatic carbocycles. The van der Waals surface area contributed by atoms with E-state index in [0.29, 0.717) is 18.0 Å². The van der Waals surface area contributed by atoms with Crippen LogP contribution in [0.5, 0.6) is 0 Å². The number of piperazine rings is 1. The maximum absolute atomic E-state index is 4.70. The summed E-state index contributed by atoms with van der Waals surface area (Å²) in [7, 11) is 3.96. The molecule has 1 N–H and O–H groups in total. The molecule has 3 aromatic rings. The van der Waals surface area contributed by atoms with Crippen molar-refractivity contribution in [1.29, 1.82) is 0 Å². The van der Waals surface area contributed by atoms with Gasteiger partial charge in [-0.05, 0) is 61.9 Å². The van der Waals surface area contributed by atoms with Crippen molar-refractivity contribution in [1.82, 2.24) is 19.9 Å². The summed E-state index contributed by atoms with van der Waals surface area (Å²) in [6.07, 6.45) is 4.92. The summed E-state index contributed by atoms with van der Waals surface area (Å²) in [5.41, 5.74) is 5.45. The molecule has 2 saturated heterocycles. The third-order valence-corrected chi connectivity index (χ3v) is 6.68. The Hall–Kier alpha value is -3.19. The van der Waals surface area contributed by atoms with Gasteiger partial charge in [0.05, 0.1) is 5.69 Å². The van der Waals surface area contributed by atoms with Crippen molar-refractivity contribution in [3.63, 3.8) is 0 Å². The number of aryl methyl sites for hydroxylation is 1. The van der Waals surface area contributed by atoms with E-state index in [4.69, 9.17) is 4.98 Å². The van der Waals surface area contributed by atoms with Crippen LogP contribution in [0, 0.1) is 6.92 Å². The van der Waals surface area contributed by atoms with Crippen LogP contribution in [0.15, 0.2) is 48.8 Å². The lowest BCUT2D eigenvalue weighted by atomic mass is 10.1. The zero-order valence-electron chi connectivity index (χ0n) is 19.3. The minimum Gasteiger partial charge on any atom is -0.365 e. The molecule has 2 fully saturated rings. The number of nitrogens with zero attached hydrogens (tertiary/aromatic N) is 6. The molecule has 0 radical (unpaired) electrons. The minimum atomic E-state index is 0.588. The van der Waals surface area contributed by atoms with Gasteiger partial charge in [0, 0.05) is 68.6 Å². The molecule has 0 spiro atoms. The highest BCUT2D eigenvalue weighted by Gasteiger charge is 2.42. The normalized spacial score (nSPS) is 20.1. The second-order valence-corrected chi connectivity index (χ2v) is 8.97. The molecule has 166 valence electrons. The summed E-state index contributed by atoms with van der Waals surface area (Å²) in [4.78, 5) is 20.8. The summed E-state index contributed by atoms with van der Waals surface area (Å²) in [6, 6.07) is 13.9. The number of pyridine rings is 1. The molecule has 32 heavy (non-hydrogen) atoms. The third kappa shape index (κ3) is 3.88. The van der Waals surface area contributed by atoms with Crippen LogP contribution in [0.2, 0.25) is 0 Å². The number of aromatic nitrogens is 3. The van der Waals surface area contributed by atoms with Crippen LogP contribution in [0.1, 0.15) is 18.9 Å². The van der Waals surface area contributed by atoms with Crippen molar-refractivity contribution in [3.8, 4) is 11.3 Å². The Bertz CT molecular complexity index is 1100. The number of anilines is 4. The zero-order valence-corrected chi connectivity index (χ0v) is 19.3. The lowest BCUT2D eigenvalue weighted by Crippen LogP contribution is -2.46. The molecule has 2 aliphatic rings. The van der Waals surface area contributed by atoms with Gasteiger partial charge in [0.2, 0.25) is 5.95 Å². The first kappa shape index (κ1) is 20.7. The van der Waals surface area contributed by atoms with E-state index in [1.54, 1.807) is 6.20 Å². The molecule has 4 heterocycles. The van der Waals surface area contributed by atoms with Gasteiger partial charge >= 0.3 is 0 Å². The predicted octanol–water partition coefficient (Wildman–Crippen LogP) is 3.94. The van der Waals surface area contributed by atoms with Gasteiger partial charge < -0.3 is 15.1 Å². The van der Waals surface area contributed by atoms with Gasteiger partial charge in [-0.1, -0.05) is 6.92 Å². The Morgan fingerprint density at radius 2 is 1.94 bits per heavy atom. The Balaban J connectivity index is 1.31. The predicted molar refractivity (Wildman–Crippen MR) is 131 cm³/mol. The van der Waals surface area contributed by atoms with Gasteiger partial charge in [-0.15, -0.1) is 0 Å². The molecule has 7 nitrogen and oxygen atoms in total. The molecule has 2 aliphatic heterocycles. The third-order valence-electron chi connectivity index (χ3n) is 6.68. The first-order valence-corrected chi connectivity index (χ1v) is 11.4. The van der Waals surface area contributed by atoms with Gasteiger partial charge in [-0.3, -0.25) is 4.90 Å². The molecule has 0 amide bonds. The smallest absolute Gasteiger partial charge is 0.227 e. The van der Waals surface area contributed by atoms with Crippen molar-refractivity contribution >= 4 is 23.1 Å². The fraction of sp³-hybridized carbons (Fsp3) is 0.400. The summed E-state index contributed by atoms with van der Waals surface area (Å²) >= 11 is 0. The number of rotatable bonds is 6. The molecular formula is C25H31N7. The van der Waals surface area contributed by atoms with Gasteiger partial charge in [-0.25, -0.2) is 15.0 Å². The number of benzene rings is 1. The van der Waals surface area contributed by atoms with E-state index < -0.39 is 0 Å². The summed E-state index contributed by atoms with van der Waals surface area (Å²) in [5.74, 6) is 1.51. The maximum Gasteiger partial charge on any atom is 0.227 e. The van der Waals surface area contributed by atoms with E-state index in [1.165, 1.54) is 24.2 Å². The van der Waals surface area contributed by atoms with E-state index in [2.05, 4.69) is 57.1 Å². The number of fused-ring (bicyclic) bond motifs is 2. The molecule has 1 aromatic carbocycles. The molecule has 2 atom stereocenters. The Morgan fingerprint density at radius 1 is 1.06 bits per heavy atom. The van der Waals surface area contributed by atoms with Gasteiger partial charge in [0.15, 0.2) is 0 Å². The molecule has 0 saturated carbocycles.